The van der Waals surface area contributed by atoms with Crippen LogP contribution < -0.4 is 19.1 Å². The Morgan fingerprint density at radius 3 is 2.04 bits per heavy atom. The maximum atomic E-state index is 12.6. The molecule has 0 amide bonds. The van der Waals surface area contributed by atoms with Crippen LogP contribution in [0.2, 0.25) is 0 Å². The highest BCUT2D eigenvalue weighted by molar-refractivity contribution is 8.22. The number of benzene rings is 3. The molecule has 0 bridgehead atoms. The van der Waals surface area contributed by atoms with Crippen molar-refractivity contribution in [2.75, 3.05) is 38.5 Å². The topological polar surface area (TPSA) is 112 Å². The smallest absolute Gasteiger partial charge is 0.306 e. The number of carbonyl (C=O) groups is 1. The van der Waals surface area contributed by atoms with E-state index in [1.54, 1.807) is 20.3 Å². The van der Waals surface area contributed by atoms with E-state index in [1.165, 1.54) is 11.8 Å². The molecular weight excluding hydrogens is 625 g/mol. The summed E-state index contributed by atoms with van der Waals surface area (Å²) in [5.41, 5.74) is 1.94. The number of thioether (sulfide) groups is 1. The van der Waals surface area contributed by atoms with Crippen LogP contribution in [-0.4, -0.2) is 63.7 Å². The molecule has 1 aliphatic rings. The molecule has 1 aliphatic heterocycles. The van der Waals surface area contributed by atoms with Gasteiger partial charge in [0.05, 0.1) is 43.4 Å². The van der Waals surface area contributed by atoms with Gasteiger partial charge in [0.2, 0.25) is 0 Å². The van der Waals surface area contributed by atoms with Gasteiger partial charge in [-0.05, 0) is 67.1 Å². The summed E-state index contributed by atoms with van der Waals surface area (Å²) in [5, 5.41) is 9.24. The molecule has 0 unspecified atom stereocenters. The maximum absolute atomic E-state index is 12.6. The number of rotatable bonds is 16. The Morgan fingerprint density at radius 1 is 0.935 bits per heavy atom. The molecule has 0 saturated carbocycles. The second-order valence-electron chi connectivity index (χ2n) is 11.6. The molecule has 0 radical (unpaired) electrons. The highest BCUT2D eigenvalue weighted by atomic mass is 32.3. The normalized spacial score (nSPS) is 16.3. The third kappa shape index (κ3) is 8.06. The number of methoxy groups -OCH3 is 2. The third-order valence-electron chi connectivity index (χ3n) is 8.55. The predicted octanol–water partition coefficient (Wildman–Crippen LogP) is 9.08. The molecule has 9 nitrogen and oxygen atoms in total. The Hall–Kier alpha value is -3.09. The van der Waals surface area contributed by atoms with E-state index < -0.39 is 22.3 Å². The quantitative estimate of drug-likeness (QED) is 0.127. The summed E-state index contributed by atoms with van der Waals surface area (Å²) in [4.78, 5) is 14.6. The van der Waals surface area contributed by atoms with Crippen LogP contribution in [0.25, 0.3) is 0 Å². The molecule has 0 aliphatic carbocycles. The van der Waals surface area contributed by atoms with Crippen molar-refractivity contribution in [2.24, 2.45) is 0 Å². The number of carboxylic acid groups (broad SMARTS) is 1. The van der Waals surface area contributed by atoms with E-state index in [-0.39, 0.29) is 13.0 Å². The van der Waals surface area contributed by atoms with Gasteiger partial charge in [-0.2, -0.15) is 4.31 Å². The zero-order chi connectivity index (χ0) is 33.3. The number of hydrogen-bond donors (Lipinski definition) is 3. The fraction of sp³-hybridized carbons (Fsp3) is 0.457. The molecule has 11 heteroatoms. The number of hydrogen-bond acceptors (Lipinski definition) is 9. The summed E-state index contributed by atoms with van der Waals surface area (Å²) in [6.07, 6.45) is 7.09. The fourth-order valence-corrected chi connectivity index (χ4v) is 8.63. The number of carboxylic acids is 1. The van der Waals surface area contributed by atoms with Crippen molar-refractivity contribution in [1.82, 2.24) is 4.31 Å². The van der Waals surface area contributed by atoms with Gasteiger partial charge in [-0.3, -0.25) is 13.9 Å². The Morgan fingerprint density at radius 2 is 1.52 bits per heavy atom. The minimum Gasteiger partial charge on any atom is -0.497 e. The lowest BCUT2D eigenvalue weighted by atomic mass is 9.85. The molecule has 46 heavy (non-hydrogen) atoms. The van der Waals surface area contributed by atoms with Crippen LogP contribution >= 0.6 is 22.5 Å². The third-order valence-corrected chi connectivity index (χ3v) is 11.4. The second-order valence-corrected chi connectivity index (χ2v) is 14.3. The first-order valence-electron chi connectivity index (χ1n) is 15.8. The largest absolute Gasteiger partial charge is 0.497 e. The van der Waals surface area contributed by atoms with Gasteiger partial charge in [0.1, 0.15) is 22.1 Å². The lowest BCUT2D eigenvalue weighted by Crippen LogP contribution is -2.54. The van der Waals surface area contributed by atoms with Crippen molar-refractivity contribution in [2.45, 2.75) is 80.7 Å². The summed E-state index contributed by atoms with van der Waals surface area (Å²) >= 11 is 1.47. The van der Waals surface area contributed by atoms with Crippen LogP contribution in [0.5, 0.6) is 17.2 Å². The minimum absolute atomic E-state index is 0.0322. The second kappa shape index (κ2) is 16.1. The van der Waals surface area contributed by atoms with Gasteiger partial charge < -0.3 is 24.2 Å². The van der Waals surface area contributed by atoms with Crippen molar-refractivity contribution >= 4 is 39.9 Å². The molecule has 0 spiro atoms. The zero-order valence-corrected chi connectivity index (χ0v) is 29.2. The van der Waals surface area contributed by atoms with Gasteiger partial charge in [-0.15, -0.1) is 22.5 Å². The van der Waals surface area contributed by atoms with Crippen LogP contribution in [0.15, 0.2) is 70.5 Å². The van der Waals surface area contributed by atoms with E-state index in [0.717, 1.165) is 66.2 Å². The van der Waals surface area contributed by atoms with Gasteiger partial charge in [-0.25, -0.2) is 0 Å². The number of anilines is 2. The molecule has 0 saturated heterocycles. The number of nitrogens with zero attached hydrogens (tertiary/aromatic N) is 2. The summed E-state index contributed by atoms with van der Waals surface area (Å²) in [7, 11) is -0.346. The van der Waals surface area contributed by atoms with Crippen LogP contribution in [0, 0.1) is 0 Å². The molecule has 0 aromatic heterocycles. The summed E-state index contributed by atoms with van der Waals surface area (Å²) in [6.45, 7) is 5.14. The number of unbranched alkanes of at least 4 members (excludes halogenated alkanes) is 2. The molecule has 1 heterocycles. The monoisotopic (exact) mass is 672 g/mol. The Kier molecular flexibility index (Phi) is 12.6. The summed E-state index contributed by atoms with van der Waals surface area (Å²) in [6, 6.07) is 19.3. The first-order valence-corrected chi connectivity index (χ1v) is 18.5. The Bertz CT molecular complexity index is 1430. The number of aliphatic carboxylic acids is 1. The first-order chi connectivity index (χ1) is 22.1. The van der Waals surface area contributed by atoms with Crippen molar-refractivity contribution in [3.05, 3.63) is 66.2 Å². The van der Waals surface area contributed by atoms with E-state index in [2.05, 4.69) is 18.7 Å². The lowest BCUT2D eigenvalue weighted by molar-refractivity contribution is -0.137. The van der Waals surface area contributed by atoms with E-state index in [9.17, 15) is 19.0 Å². The van der Waals surface area contributed by atoms with E-state index in [4.69, 9.17) is 14.2 Å². The molecule has 4 rings (SSSR count). The van der Waals surface area contributed by atoms with Gasteiger partial charge in [0.25, 0.3) is 0 Å². The van der Waals surface area contributed by atoms with Gasteiger partial charge >= 0.3 is 5.97 Å². The van der Waals surface area contributed by atoms with Crippen LogP contribution in [0.3, 0.4) is 0 Å². The fourth-order valence-electron chi connectivity index (χ4n) is 6.02. The van der Waals surface area contributed by atoms with Gasteiger partial charge in [-0.1, -0.05) is 51.7 Å². The van der Waals surface area contributed by atoms with Gasteiger partial charge in [0.15, 0.2) is 0 Å². The lowest BCUT2D eigenvalue weighted by Gasteiger charge is -2.52. The standard InChI is InChI=1S/C35H48N2O7S2/c1-6-8-19-35(20-9-7-2)25-36(27-12-16-29(43-4)17-13-27)30-22-32(45-5)31(44-21-18-34(38)39)23-33(30)46(40,41)37(35)24-26-10-14-28(42-3)15-11-26/h10-17,22-23,40-41H,6-9,18-21,24-25H2,1-5H3,(H,38,39). The maximum Gasteiger partial charge on any atom is 0.306 e. The number of ether oxygens (including phenoxy) is 3. The van der Waals surface area contributed by atoms with Crippen molar-refractivity contribution in [1.29, 1.82) is 0 Å². The van der Waals surface area contributed by atoms with Crippen molar-refractivity contribution < 1.29 is 33.2 Å². The van der Waals surface area contributed by atoms with E-state index >= 15 is 0 Å². The first kappa shape index (κ1) is 35.8. The molecule has 252 valence electrons. The molecule has 3 N–H and O–H groups in total. The van der Waals surface area contributed by atoms with Crippen LogP contribution in [0.4, 0.5) is 11.4 Å². The SMILES string of the molecule is CCCCC1(CCCC)CN(c2ccc(OC)cc2)c2cc(SC)c(OCCC(=O)O)cc2S(O)(O)N1Cc1ccc(OC)cc1. The average Bonchev–Trinajstić information content (AvgIpc) is 3.13. The van der Waals surface area contributed by atoms with E-state index in [0.29, 0.717) is 29.4 Å². The Labute approximate surface area is 279 Å². The average molecular weight is 673 g/mol. The zero-order valence-electron chi connectivity index (χ0n) is 27.5. The predicted molar refractivity (Wildman–Crippen MR) is 187 cm³/mol. The van der Waals surface area contributed by atoms with E-state index in [1.807, 2.05) is 65.2 Å². The van der Waals surface area contributed by atoms with Crippen molar-refractivity contribution in [3.63, 3.8) is 0 Å². The molecule has 3 aromatic carbocycles. The van der Waals surface area contributed by atoms with Crippen LogP contribution in [0.1, 0.15) is 64.4 Å². The molecule has 0 atom stereocenters. The summed E-state index contributed by atoms with van der Waals surface area (Å²) < 4.78 is 44.1. The van der Waals surface area contributed by atoms with Gasteiger partial charge in [0, 0.05) is 24.8 Å². The van der Waals surface area contributed by atoms with Crippen molar-refractivity contribution in [3.8, 4) is 17.2 Å². The molecule has 0 fully saturated rings. The molecular formula is C35H48N2O7S2. The highest BCUT2D eigenvalue weighted by Crippen LogP contribution is 2.64. The molecule has 3 aromatic rings. The minimum atomic E-state index is -3.61. The summed E-state index contributed by atoms with van der Waals surface area (Å²) in [5.74, 6) is 0.941. The van der Waals surface area contributed by atoms with Crippen LogP contribution in [-0.2, 0) is 11.3 Å². The number of fused-ring (bicyclic) bond motifs is 1. The highest BCUT2D eigenvalue weighted by Gasteiger charge is 2.49. The Balaban J connectivity index is 1.99.